The van der Waals surface area contributed by atoms with E-state index in [4.69, 9.17) is 16.3 Å². The number of halogens is 1. The molecule has 0 bridgehead atoms. The monoisotopic (exact) mass is 388 g/mol. The van der Waals surface area contributed by atoms with Gasteiger partial charge in [-0.2, -0.15) is 0 Å². The Morgan fingerprint density at radius 3 is 2.48 bits per heavy atom. The van der Waals surface area contributed by atoms with Crippen molar-refractivity contribution < 1.29 is 14.3 Å². The SMILES string of the molecule is CCNC(=O)C(C)N(Cc1cccc(OC)c1)C(=O)Cc1ccc(Cl)cc1. The first-order valence-electron chi connectivity index (χ1n) is 8.89. The van der Waals surface area contributed by atoms with Gasteiger partial charge in [-0.25, -0.2) is 0 Å². The van der Waals surface area contributed by atoms with E-state index in [0.29, 0.717) is 23.9 Å². The number of carbonyl (C=O) groups excluding carboxylic acids is 2. The molecular formula is C21H25ClN2O3. The van der Waals surface area contributed by atoms with Gasteiger partial charge in [0.05, 0.1) is 13.5 Å². The summed E-state index contributed by atoms with van der Waals surface area (Å²) in [5.74, 6) is 0.409. The minimum Gasteiger partial charge on any atom is -0.497 e. The second-order valence-corrected chi connectivity index (χ2v) is 6.68. The van der Waals surface area contributed by atoms with Gasteiger partial charge in [-0.3, -0.25) is 9.59 Å². The van der Waals surface area contributed by atoms with Gasteiger partial charge in [0.15, 0.2) is 0 Å². The molecule has 144 valence electrons. The van der Waals surface area contributed by atoms with E-state index in [0.717, 1.165) is 11.1 Å². The van der Waals surface area contributed by atoms with Gasteiger partial charge < -0.3 is 15.0 Å². The zero-order valence-corrected chi connectivity index (χ0v) is 16.6. The fourth-order valence-electron chi connectivity index (χ4n) is 2.75. The molecule has 0 saturated carbocycles. The number of benzene rings is 2. The smallest absolute Gasteiger partial charge is 0.242 e. The zero-order valence-electron chi connectivity index (χ0n) is 15.9. The molecule has 0 aromatic heterocycles. The lowest BCUT2D eigenvalue weighted by Gasteiger charge is -2.29. The van der Waals surface area contributed by atoms with E-state index in [1.165, 1.54) is 0 Å². The average molecular weight is 389 g/mol. The van der Waals surface area contributed by atoms with Crippen molar-refractivity contribution in [1.29, 1.82) is 0 Å². The van der Waals surface area contributed by atoms with Crippen LogP contribution in [-0.2, 0) is 22.6 Å². The van der Waals surface area contributed by atoms with Crippen LogP contribution in [0.15, 0.2) is 48.5 Å². The van der Waals surface area contributed by atoms with Crippen molar-refractivity contribution in [2.45, 2.75) is 32.9 Å². The van der Waals surface area contributed by atoms with Crippen molar-refractivity contribution in [2.24, 2.45) is 0 Å². The highest BCUT2D eigenvalue weighted by Crippen LogP contribution is 2.18. The Morgan fingerprint density at radius 2 is 1.85 bits per heavy atom. The molecule has 1 unspecified atom stereocenters. The van der Waals surface area contributed by atoms with Crippen molar-refractivity contribution in [3.05, 3.63) is 64.7 Å². The van der Waals surface area contributed by atoms with Gasteiger partial charge in [-0.15, -0.1) is 0 Å². The maximum Gasteiger partial charge on any atom is 0.242 e. The van der Waals surface area contributed by atoms with Crippen LogP contribution in [0.2, 0.25) is 5.02 Å². The van der Waals surface area contributed by atoms with Crippen LogP contribution in [0.5, 0.6) is 5.75 Å². The second kappa shape index (κ2) is 9.97. The molecular weight excluding hydrogens is 364 g/mol. The fraction of sp³-hybridized carbons (Fsp3) is 0.333. The van der Waals surface area contributed by atoms with E-state index in [2.05, 4.69) is 5.32 Å². The number of nitrogens with one attached hydrogen (secondary N) is 1. The maximum atomic E-state index is 13.0. The van der Waals surface area contributed by atoms with E-state index in [1.54, 1.807) is 31.1 Å². The molecule has 5 nitrogen and oxygen atoms in total. The molecule has 1 N–H and O–H groups in total. The first kappa shape index (κ1) is 20.8. The summed E-state index contributed by atoms with van der Waals surface area (Å²) in [4.78, 5) is 26.9. The third-order valence-corrected chi connectivity index (χ3v) is 4.53. The fourth-order valence-corrected chi connectivity index (χ4v) is 2.88. The quantitative estimate of drug-likeness (QED) is 0.753. The molecule has 27 heavy (non-hydrogen) atoms. The normalized spacial score (nSPS) is 11.6. The van der Waals surface area contributed by atoms with Crippen LogP contribution in [0.25, 0.3) is 0 Å². The molecule has 0 saturated heterocycles. The highest BCUT2D eigenvalue weighted by molar-refractivity contribution is 6.30. The number of nitrogens with zero attached hydrogens (tertiary/aromatic N) is 1. The van der Waals surface area contributed by atoms with Crippen LogP contribution >= 0.6 is 11.6 Å². The summed E-state index contributed by atoms with van der Waals surface area (Å²) in [6.45, 7) is 4.43. The van der Waals surface area contributed by atoms with E-state index in [9.17, 15) is 9.59 Å². The molecule has 0 heterocycles. The van der Waals surface area contributed by atoms with Gasteiger partial charge in [-0.1, -0.05) is 35.9 Å². The zero-order chi connectivity index (χ0) is 19.8. The summed E-state index contributed by atoms with van der Waals surface area (Å²) in [6.07, 6.45) is 0.199. The minimum absolute atomic E-state index is 0.126. The molecule has 6 heteroatoms. The molecule has 2 rings (SSSR count). The predicted octanol–water partition coefficient (Wildman–Crippen LogP) is 3.44. The Kier molecular flexibility index (Phi) is 7.67. The largest absolute Gasteiger partial charge is 0.497 e. The average Bonchev–Trinajstić information content (AvgIpc) is 2.67. The lowest BCUT2D eigenvalue weighted by Crippen LogP contribution is -2.48. The van der Waals surface area contributed by atoms with Crippen molar-refractivity contribution >= 4 is 23.4 Å². The predicted molar refractivity (Wildman–Crippen MR) is 107 cm³/mol. The van der Waals surface area contributed by atoms with Crippen LogP contribution in [-0.4, -0.2) is 36.4 Å². The highest BCUT2D eigenvalue weighted by Gasteiger charge is 2.26. The summed E-state index contributed by atoms with van der Waals surface area (Å²) in [7, 11) is 1.60. The summed E-state index contributed by atoms with van der Waals surface area (Å²) >= 11 is 5.91. The van der Waals surface area contributed by atoms with Crippen LogP contribution in [0, 0.1) is 0 Å². The summed E-state index contributed by atoms with van der Waals surface area (Å²) in [6, 6.07) is 14.1. The lowest BCUT2D eigenvalue weighted by molar-refractivity contribution is -0.140. The Morgan fingerprint density at radius 1 is 1.15 bits per heavy atom. The Balaban J connectivity index is 2.23. The number of rotatable bonds is 8. The number of ether oxygens (including phenoxy) is 1. The number of likely N-dealkylation sites (N-methyl/N-ethyl adjacent to an activating group) is 1. The first-order chi connectivity index (χ1) is 12.9. The lowest BCUT2D eigenvalue weighted by atomic mass is 10.1. The Hall–Kier alpha value is -2.53. The van der Waals surface area contributed by atoms with Gasteiger partial charge in [0, 0.05) is 18.1 Å². The maximum absolute atomic E-state index is 13.0. The molecule has 2 aromatic carbocycles. The topological polar surface area (TPSA) is 58.6 Å². The number of hydrogen-bond acceptors (Lipinski definition) is 3. The van der Waals surface area contributed by atoms with Crippen LogP contribution < -0.4 is 10.1 Å². The third kappa shape index (κ3) is 6.00. The van der Waals surface area contributed by atoms with E-state index >= 15 is 0 Å². The molecule has 0 fully saturated rings. The van der Waals surface area contributed by atoms with E-state index in [-0.39, 0.29) is 18.2 Å². The van der Waals surface area contributed by atoms with Gasteiger partial charge in [0.2, 0.25) is 11.8 Å². The van der Waals surface area contributed by atoms with Gasteiger partial charge in [0.25, 0.3) is 0 Å². The Labute approximate surface area is 165 Å². The molecule has 0 radical (unpaired) electrons. The van der Waals surface area contributed by atoms with E-state index in [1.807, 2.05) is 43.3 Å². The number of amides is 2. The molecule has 0 aliphatic carbocycles. The van der Waals surface area contributed by atoms with Crippen molar-refractivity contribution in [3.63, 3.8) is 0 Å². The van der Waals surface area contributed by atoms with Crippen molar-refractivity contribution in [2.75, 3.05) is 13.7 Å². The van der Waals surface area contributed by atoms with E-state index < -0.39 is 6.04 Å². The number of carbonyl (C=O) groups is 2. The summed E-state index contributed by atoms with van der Waals surface area (Å²) < 4.78 is 5.26. The highest BCUT2D eigenvalue weighted by atomic mass is 35.5. The molecule has 2 aromatic rings. The Bertz CT molecular complexity index is 777. The van der Waals surface area contributed by atoms with Crippen LogP contribution in [0.4, 0.5) is 0 Å². The molecule has 2 amide bonds. The van der Waals surface area contributed by atoms with Gasteiger partial charge in [0.1, 0.15) is 11.8 Å². The van der Waals surface area contributed by atoms with Gasteiger partial charge in [-0.05, 0) is 49.2 Å². The van der Waals surface area contributed by atoms with Gasteiger partial charge >= 0.3 is 0 Å². The standard InChI is InChI=1S/C21H25ClN2O3/c1-4-23-21(26)15(2)24(14-17-6-5-7-19(12-17)27-3)20(25)13-16-8-10-18(22)11-9-16/h5-12,15H,4,13-14H2,1-3H3,(H,23,26). The second-order valence-electron chi connectivity index (χ2n) is 6.25. The number of methoxy groups -OCH3 is 1. The van der Waals surface area contributed by atoms with Crippen LogP contribution in [0.3, 0.4) is 0 Å². The molecule has 0 aliphatic rings. The van der Waals surface area contributed by atoms with Crippen LogP contribution in [0.1, 0.15) is 25.0 Å². The summed E-state index contributed by atoms with van der Waals surface area (Å²) in [5.41, 5.74) is 1.75. The van der Waals surface area contributed by atoms with Crippen molar-refractivity contribution in [1.82, 2.24) is 10.2 Å². The minimum atomic E-state index is -0.587. The number of hydrogen-bond donors (Lipinski definition) is 1. The molecule has 0 aliphatic heterocycles. The molecule has 0 spiro atoms. The summed E-state index contributed by atoms with van der Waals surface area (Å²) in [5, 5.41) is 3.41. The van der Waals surface area contributed by atoms with Crippen molar-refractivity contribution in [3.8, 4) is 5.75 Å². The molecule has 1 atom stereocenters. The first-order valence-corrected chi connectivity index (χ1v) is 9.27. The third-order valence-electron chi connectivity index (χ3n) is 4.27.